The third kappa shape index (κ3) is 6.06. The first-order valence-corrected chi connectivity index (χ1v) is 16.4. The summed E-state index contributed by atoms with van der Waals surface area (Å²) in [6.07, 6.45) is 1.93. The van der Waals surface area contributed by atoms with Gasteiger partial charge in [-0.05, 0) is 49.2 Å². The number of alkyl halides is 2. The largest absolute Gasteiger partial charge is 0.377 e. The summed E-state index contributed by atoms with van der Waals surface area (Å²) in [4.78, 5) is 33.1. The van der Waals surface area contributed by atoms with E-state index in [0.29, 0.717) is 77.5 Å². The van der Waals surface area contributed by atoms with E-state index in [9.17, 15) is 18.4 Å². The van der Waals surface area contributed by atoms with Gasteiger partial charge < -0.3 is 34.0 Å². The number of ether oxygens (including phenoxy) is 2. The lowest BCUT2D eigenvalue weighted by molar-refractivity contribution is -0.112. The number of fused-ring (bicyclic) bond motifs is 4. The quantitative estimate of drug-likeness (QED) is 0.105. The summed E-state index contributed by atoms with van der Waals surface area (Å²) in [7, 11) is 5.11. The van der Waals surface area contributed by atoms with Crippen molar-refractivity contribution in [2.75, 3.05) is 50.7 Å². The fourth-order valence-corrected chi connectivity index (χ4v) is 6.88. The molecule has 3 aromatic heterocycles. The third-order valence-corrected chi connectivity index (χ3v) is 9.56. The summed E-state index contributed by atoms with van der Waals surface area (Å²) in [6.45, 7) is 4.03. The summed E-state index contributed by atoms with van der Waals surface area (Å²) in [6, 6.07) is 8.20. The molecule has 2 N–H and O–H groups in total. The molecular formula is C37H36F4N6O4. The zero-order valence-corrected chi connectivity index (χ0v) is 28.4. The van der Waals surface area contributed by atoms with E-state index in [0.717, 1.165) is 12.1 Å². The fraction of sp³-hybridized carbons (Fsp3) is 0.324. The zero-order valence-electron chi connectivity index (χ0n) is 28.4. The molecule has 0 saturated carbocycles. The highest BCUT2D eigenvalue weighted by Crippen LogP contribution is 2.47. The third-order valence-electron chi connectivity index (χ3n) is 9.56. The molecule has 5 aromatic rings. The summed E-state index contributed by atoms with van der Waals surface area (Å²) < 4.78 is 74.2. The van der Waals surface area contributed by atoms with Crippen LogP contribution in [0.3, 0.4) is 0 Å². The van der Waals surface area contributed by atoms with Gasteiger partial charge in [-0.15, -0.1) is 0 Å². The standard InChI is InChI=1S/C37H36F4N6O4/c1-37(18-51-19-37)42-10-5-8-29(48)44-31-24(38)13-21(14-25(31)39)35(49)27-15-20-9-12-45(2)34-30(22-7-6-11-47(27)33(20)22)23(36(40)41)16-26-32(34)43-28(17-50-4)46(26)3/h5-8,11,13-16,36,42H,9-10,12,17-19H2,1-4H3,(H,44,48). The lowest BCUT2D eigenvalue weighted by atomic mass is 9.92. The number of nitrogens with zero attached hydrogens (tertiary/aromatic N) is 4. The summed E-state index contributed by atoms with van der Waals surface area (Å²) in [5.41, 5.74) is 2.38. The molecule has 7 rings (SSSR count). The molecule has 0 unspecified atom stereocenters. The first kappa shape index (κ1) is 34.4. The van der Waals surface area contributed by atoms with Gasteiger partial charge in [-0.25, -0.2) is 22.5 Å². The van der Waals surface area contributed by atoms with Gasteiger partial charge in [0, 0.05) is 68.8 Å². The number of anilines is 2. The Kier molecular flexibility index (Phi) is 8.94. The minimum Gasteiger partial charge on any atom is -0.377 e. The highest BCUT2D eigenvalue weighted by molar-refractivity contribution is 6.11. The average molecular weight is 705 g/mol. The maximum atomic E-state index is 15.3. The van der Waals surface area contributed by atoms with Crippen molar-refractivity contribution in [1.82, 2.24) is 19.3 Å². The highest BCUT2D eigenvalue weighted by atomic mass is 19.3. The fourth-order valence-electron chi connectivity index (χ4n) is 6.88. The number of rotatable bonds is 10. The Morgan fingerprint density at radius 1 is 1.14 bits per heavy atom. The molecule has 1 saturated heterocycles. The zero-order chi connectivity index (χ0) is 36.2. The number of carbonyl (C=O) groups is 2. The maximum Gasteiger partial charge on any atom is 0.264 e. The van der Waals surface area contributed by atoms with Gasteiger partial charge in [-0.1, -0.05) is 12.1 Å². The Hall–Kier alpha value is -5.05. The van der Waals surface area contributed by atoms with Crippen LogP contribution in [0.15, 0.2) is 54.7 Å². The van der Waals surface area contributed by atoms with Crippen LogP contribution in [0.1, 0.15) is 46.4 Å². The molecule has 0 atom stereocenters. The van der Waals surface area contributed by atoms with Crippen LogP contribution in [0.2, 0.25) is 0 Å². The topological polar surface area (TPSA) is 102 Å². The van der Waals surface area contributed by atoms with Gasteiger partial charge in [0.1, 0.15) is 35.3 Å². The maximum absolute atomic E-state index is 15.3. The van der Waals surface area contributed by atoms with Crippen molar-refractivity contribution in [3.8, 4) is 11.1 Å². The van der Waals surface area contributed by atoms with Gasteiger partial charge in [0.2, 0.25) is 11.7 Å². The van der Waals surface area contributed by atoms with Gasteiger partial charge in [-0.3, -0.25) is 9.59 Å². The van der Waals surface area contributed by atoms with Gasteiger partial charge in [-0.2, -0.15) is 0 Å². The Morgan fingerprint density at radius 3 is 2.55 bits per heavy atom. The number of benzene rings is 2. The van der Waals surface area contributed by atoms with E-state index in [1.54, 1.807) is 40.4 Å². The van der Waals surface area contributed by atoms with E-state index in [1.807, 2.05) is 18.9 Å². The van der Waals surface area contributed by atoms with Gasteiger partial charge in [0.25, 0.3) is 6.43 Å². The minimum absolute atomic E-state index is 0.101. The van der Waals surface area contributed by atoms with Crippen LogP contribution >= 0.6 is 0 Å². The van der Waals surface area contributed by atoms with Gasteiger partial charge in [0.15, 0.2) is 0 Å². The van der Waals surface area contributed by atoms with Crippen molar-refractivity contribution in [1.29, 1.82) is 0 Å². The molecule has 0 spiro atoms. The Balaban J connectivity index is 1.26. The molecule has 0 aliphatic carbocycles. The molecule has 1 amide bonds. The monoisotopic (exact) mass is 704 g/mol. The second-order valence-corrected chi connectivity index (χ2v) is 13.2. The van der Waals surface area contributed by atoms with Crippen molar-refractivity contribution in [2.24, 2.45) is 7.05 Å². The first-order chi connectivity index (χ1) is 24.4. The second kappa shape index (κ2) is 13.2. The number of pyridine rings is 1. The second-order valence-electron chi connectivity index (χ2n) is 13.2. The van der Waals surface area contributed by atoms with Crippen LogP contribution in [0.5, 0.6) is 0 Å². The Bertz CT molecular complexity index is 2220. The first-order valence-electron chi connectivity index (χ1n) is 16.4. The van der Waals surface area contributed by atoms with Crippen LogP contribution in [-0.4, -0.2) is 71.6 Å². The molecule has 1 fully saturated rings. The molecule has 0 bridgehead atoms. The molecule has 0 radical (unpaired) electrons. The number of carbonyl (C=O) groups excluding carboxylic acids is 2. The van der Waals surface area contributed by atoms with Crippen LogP contribution in [0.25, 0.3) is 27.7 Å². The molecule has 266 valence electrons. The Morgan fingerprint density at radius 2 is 1.88 bits per heavy atom. The number of imidazole rings is 1. The molecule has 51 heavy (non-hydrogen) atoms. The number of halogens is 4. The van der Waals surface area contributed by atoms with E-state index in [1.165, 1.54) is 25.3 Å². The number of amides is 1. The average Bonchev–Trinajstić information content (AvgIpc) is 3.61. The smallest absolute Gasteiger partial charge is 0.264 e. The molecule has 10 nitrogen and oxygen atoms in total. The highest BCUT2D eigenvalue weighted by Gasteiger charge is 2.33. The lowest BCUT2D eigenvalue weighted by Gasteiger charge is -2.38. The van der Waals surface area contributed by atoms with Gasteiger partial charge in [0.05, 0.1) is 41.2 Å². The van der Waals surface area contributed by atoms with Gasteiger partial charge >= 0.3 is 0 Å². The molecule has 5 heterocycles. The van der Waals surface area contributed by atoms with Crippen LogP contribution in [-0.2, 0) is 34.3 Å². The predicted octanol–water partition coefficient (Wildman–Crippen LogP) is 5.95. The van der Waals surface area contributed by atoms with E-state index in [-0.39, 0.29) is 29.0 Å². The van der Waals surface area contributed by atoms with Crippen LogP contribution < -0.4 is 15.5 Å². The molecule has 2 aliphatic heterocycles. The molecule has 14 heteroatoms. The summed E-state index contributed by atoms with van der Waals surface area (Å²) in [5.74, 6) is -3.10. The molecule has 2 aliphatic rings. The number of nitrogens with one attached hydrogen (secondary N) is 2. The van der Waals surface area contributed by atoms with Crippen molar-refractivity contribution in [3.63, 3.8) is 0 Å². The lowest BCUT2D eigenvalue weighted by Crippen LogP contribution is -2.58. The summed E-state index contributed by atoms with van der Waals surface area (Å²) in [5, 5.41) is 5.42. The molecule has 2 aromatic carbocycles. The number of aromatic nitrogens is 3. The number of ketones is 1. The number of hydrogen-bond acceptors (Lipinski definition) is 7. The molecular weight excluding hydrogens is 668 g/mol. The Labute approximate surface area is 290 Å². The van der Waals surface area contributed by atoms with E-state index >= 15 is 8.78 Å². The van der Waals surface area contributed by atoms with Crippen molar-refractivity contribution < 1.29 is 36.6 Å². The van der Waals surface area contributed by atoms with Crippen LogP contribution in [0.4, 0.5) is 28.9 Å². The minimum atomic E-state index is -2.83. The summed E-state index contributed by atoms with van der Waals surface area (Å²) >= 11 is 0. The number of hydrogen-bond donors (Lipinski definition) is 2. The van der Waals surface area contributed by atoms with Crippen molar-refractivity contribution in [2.45, 2.75) is 31.9 Å². The number of likely N-dealkylation sites (N-methyl/N-ethyl adjacent to an activating group) is 1. The van der Waals surface area contributed by atoms with E-state index < -0.39 is 35.4 Å². The van der Waals surface area contributed by atoms with Crippen molar-refractivity contribution >= 4 is 39.6 Å². The normalized spacial score (nSPS) is 15.4. The van der Waals surface area contributed by atoms with Crippen molar-refractivity contribution in [3.05, 3.63) is 94.6 Å². The predicted molar refractivity (Wildman–Crippen MR) is 185 cm³/mol. The number of aryl methyl sites for hydroxylation is 1. The van der Waals surface area contributed by atoms with Crippen LogP contribution in [0, 0.1) is 11.6 Å². The number of methoxy groups -OCH3 is 1. The van der Waals surface area contributed by atoms with E-state index in [2.05, 4.69) is 10.6 Å². The SMILES string of the molecule is COCc1nc2c3c(c(C(F)F)cc2n1C)-c1cccn2c(C(=O)c4cc(F)c(NC(=O)C=CCNC5(C)COC5)c(F)c4)cc(c12)CCN3C. The van der Waals surface area contributed by atoms with E-state index in [4.69, 9.17) is 14.5 Å².